The van der Waals surface area contributed by atoms with E-state index in [1.165, 1.54) is 10.8 Å². The summed E-state index contributed by atoms with van der Waals surface area (Å²) in [5.41, 5.74) is 2.14. The topological polar surface area (TPSA) is 0 Å². The molecule has 24 heavy (non-hydrogen) atoms. The van der Waals surface area contributed by atoms with E-state index in [0.29, 0.717) is 0 Å². The van der Waals surface area contributed by atoms with Gasteiger partial charge in [-0.3, -0.25) is 0 Å². The van der Waals surface area contributed by atoms with Crippen LogP contribution in [0.1, 0.15) is 11.1 Å². The molecule has 0 spiro atoms. The van der Waals surface area contributed by atoms with E-state index in [9.17, 15) is 0 Å². The first kappa shape index (κ1) is 19.9. The summed E-state index contributed by atoms with van der Waals surface area (Å²) in [6, 6.07) is 34.4. The van der Waals surface area contributed by atoms with E-state index in [2.05, 4.69) is 56.3 Å². The van der Waals surface area contributed by atoms with Gasteiger partial charge in [0.1, 0.15) is 0 Å². The Morgan fingerprint density at radius 1 is 0.542 bits per heavy atom. The Balaban J connectivity index is 0.000000179. The van der Waals surface area contributed by atoms with Gasteiger partial charge in [0.25, 0.3) is 0 Å². The second-order valence-corrected chi connectivity index (χ2v) is 5.13. The maximum atomic E-state index is 3.72. The molecule has 0 aliphatic heterocycles. The summed E-state index contributed by atoms with van der Waals surface area (Å²) in [7, 11) is 0. The molecule has 0 nitrogen and oxygen atoms in total. The van der Waals surface area contributed by atoms with Gasteiger partial charge in [-0.05, 0) is 0 Å². The Labute approximate surface area is 164 Å². The molecule has 0 N–H and O–H groups in total. The van der Waals surface area contributed by atoms with Crippen molar-refractivity contribution in [3.8, 4) is 0 Å². The normalized spacial score (nSPS) is 8.83. The van der Waals surface area contributed by atoms with Gasteiger partial charge >= 0.3 is 26.2 Å². The molecule has 0 aliphatic carbocycles. The first-order chi connectivity index (χ1) is 11.3. The van der Waals surface area contributed by atoms with E-state index >= 15 is 0 Å². The van der Waals surface area contributed by atoms with Gasteiger partial charge in [0, 0.05) is 0 Å². The fourth-order valence-corrected chi connectivity index (χ4v) is 2.03. The van der Waals surface area contributed by atoms with Crippen LogP contribution in [0.15, 0.2) is 103 Å². The van der Waals surface area contributed by atoms with E-state index in [1.807, 2.05) is 60.7 Å². The monoisotopic (exact) mass is 387 g/mol. The fourth-order valence-electron chi connectivity index (χ4n) is 2.03. The van der Waals surface area contributed by atoms with Crippen molar-refractivity contribution >= 4 is 10.8 Å². The van der Waals surface area contributed by atoms with Crippen LogP contribution in [0.5, 0.6) is 0 Å². The summed E-state index contributed by atoms with van der Waals surface area (Å²) < 4.78 is 0. The molecular weight excluding hydrogens is 367 g/mol. The number of hydrogen-bond donors (Lipinski definition) is 0. The van der Waals surface area contributed by atoms with Crippen LogP contribution in [-0.2, 0) is 26.2 Å². The summed E-state index contributed by atoms with van der Waals surface area (Å²) >= 11 is 0. The van der Waals surface area contributed by atoms with Gasteiger partial charge in [-0.2, -0.15) is 66.8 Å². The SMILES string of the molecule is [CH2-]c1ccccc1.[CH2-]c1ccccc1.[Zr+3].c1ccc2[cH-]ccc2c1. The molecule has 0 bridgehead atoms. The van der Waals surface area contributed by atoms with Crippen LogP contribution >= 0.6 is 0 Å². The average molecular weight is 389 g/mol. The van der Waals surface area contributed by atoms with Crippen LogP contribution in [0, 0.1) is 13.8 Å². The van der Waals surface area contributed by atoms with Crippen molar-refractivity contribution in [1.82, 2.24) is 0 Å². The zero-order valence-corrected chi connectivity index (χ0v) is 16.2. The van der Waals surface area contributed by atoms with Gasteiger partial charge in [-0.1, -0.05) is 18.2 Å². The summed E-state index contributed by atoms with van der Waals surface area (Å²) in [6.45, 7) is 7.44. The molecule has 4 rings (SSSR count). The largest absolute Gasteiger partial charge is 3.00 e. The molecule has 1 heteroatoms. The van der Waals surface area contributed by atoms with Crippen LogP contribution in [0.4, 0.5) is 0 Å². The molecule has 4 aromatic rings. The number of benzene rings is 3. The fraction of sp³-hybridized carbons (Fsp3) is 0. The zero-order chi connectivity index (χ0) is 16.3. The van der Waals surface area contributed by atoms with Gasteiger partial charge in [-0.25, -0.2) is 0 Å². The van der Waals surface area contributed by atoms with Crippen molar-refractivity contribution in [2.45, 2.75) is 0 Å². The van der Waals surface area contributed by atoms with Crippen molar-refractivity contribution in [3.63, 3.8) is 0 Å². The third-order valence-electron chi connectivity index (χ3n) is 3.23. The molecule has 0 unspecified atom stereocenters. The van der Waals surface area contributed by atoms with Gasteiger partial charge in [0.05, 0.1) is 0 Å². The Kier molecular flexibility index (Phi) is 9.50. The van der Waals surface area contributed by atoms with Gasteiger partial charge in [0.2, 0.25) is 0 Å². The van der Waals surface area contributed by atoms with Gasteiger partial charge in [-0.15, -0.1) is 53.9 Å². The standard InChI is InChI=1S/C9H7.2C7H7.Zr/c1-2-5-9-7-3-6-8(9)4-1;2*1-7-5-3-2-4-6-7;/h1-7H;2*2-6H,1H2;/q3*-1;+3. The summed E-state index contributed by atoms with van der Waals surface area (Å²) in [5, 5.41) is 2.66. The first-order valence-corrected chi connectivity index (χ1v) is 7.60. The predicted octanol–water partition coefficient (Wildman–Crippen LogP) is 6.29. The predicted molar refractivity (Wildman–Crippen MR) is 101 cm³/mol. The van der Waals surface area contributed by atoms with Crippen molar-refractivity contribution < 1.29 is 26.2 Å². The van der Waals surface area contributed by atoms with Gasteiger partial charge in [0.15, 0.2) is 0 Å². The van der Waals surface area contributed by atoms with Crippen molar-refractivity contribution in [3.05, 3.63) is 128 Å². The molecule has 0 fully saturated rings. The molecule has 0 heterocycles. The third-order valence-corrected chi connectivity index (χ3v) is 3.23. The number of rotatable bonds is 0. The van der Waals surface area contributed by atoms with E-state index in [0.717, 1.165) is 11.1 Å². The smallest absolute Gasteiger partial charge is 0.199 e. The summed E-state index contributed by atoms with van der Waals surface area (Å²) in [6.07, 6.45) is 0. The van der Waals surface area contributed by atoms with E-state index < -0.39 is 0 Å². The van der Waals surface area contributed by atoms with Crippen molar-refractivity contribution in [1.29, 1.82) is 0 Å². The van der Waals surface area contributed by atoms with E-state index in [-0.39, 0.29) is 26.2 Å². The Morgan fingerprint density at radius 2 is 1.00 bits per heavy atom. The molecular formula is C23H21Zr. The minimum absolute atomic E-state index is 0. The van der Waals surface area contributed by atoms with Crippen LogP contribution < -0.4 is 0 Å². The van der Waals surface area contributed by atoms with E-state index in [1.54, 1.807) is 0 Å². The Bertz CT molecular complexity index is 718. The molecule has 4 aromatic carbocycles. The summed E-state index contributed by atoms with van der Waals surface area (Å²) in [4.78, 5) is 0. The number of fused-ring (bicyclic) bond motifs is 1. The molecule has 0 saturated carbocycles. The first-order valence-electron chi connectivity index (χ1n) is 7.60. The molecule has 117 valence electrons. The maximum absolute atomic E-state index is 3.72. The minimum atomic E-state index is 0. The maximum Gasteiger partial charge on any atom is 3.00 e. The van der Waals surface area contributed by atoms with Crippen molar-refractivity contribution in [2.75, 3.05) is 0 Å². The zero-order valence-electron chi connectivity index (χ0n) is 13.7. The minimum Gasteiger partial charge on any atom is -0.199 e. The quantitative estimate of drug-likeness (QED) is 0.310. The van der Waals surface area contributed by atoms with E-state index in [4.69, 9.17) is 0 Å². The van der Waals surface area contributed by atoms with Crippen LogP contribution in [-0.4, -0.2) is 0 Å². The van der Waals surface area contributed by atoms with Gasteiger partial charge < -0.3 is 0 Å². The third kappa shape index (κ3) is 7.44. The molecule has 0 aliphatic rings. The molecule has 1 radical (unpaired) electrons. The second kappa shape index (κ2) is 11.4. The number of hydrogen-bond acceptors (Lipinski definition) is 0. The molecule has 0 amide bonds. The summed E-state index contributed by atoms with van der Waals surface area (Å²) in [5.74, 6) is 0. The second-order valence-electron chi connectivity index (χ2n) is 5.13. The molecule has 0 aromatic heterocycles. The molecule has 0 saturated heterocycles. The average Bonchev–Trinajstić information content (AvgIpc) is 3.06. The van der Waals surface area contributed by atoms with Crippen molar-refractivity contribution in [2.24, 2.45) is 0 Å². The van der Waals surface area contributed by atoms with Crippen LogP contribution in [0.3, 0.4) is 0 Å². The van der Waals surface area contributed by atoms with Crippen LogP contribution in [0.2, 0.25) is 0 Å². The molecule has 0 atom stereocenters. The Morgan fingerprint density at radius 3 is 1.42 bits per heavy atom. The van der Waals surface area contributed by atoms with Crippen LogP contribution in [0.25, 0.3) is 10.8 Å². The Hall–Kier alpha value is -2.11.